The molecule has 3 rings (SSSR count). The molecule has 1 aliphatic heterocycles. The molecular formula is C18H22N2O2. The number of hydrogen-bond donors (Lipinski definition) is 0. The van der Waals surface area contributed by atoms with Crippen molar-refractivity contribution in [2.45, 2.75) is 46.3 Å². The van der Waals surface area contributed by atoms with Crippen molar-refractivity contribution in [1.82, 2.24) is 9.88 Å². The monoisotopic (exact) mass is 298 g/mol. The Balaban J connectivity index is 1.87. The van der Waals surface area contributed by atoms with Crippen molar-refractivity contribution in [1.29, 1.82) is 0 Å². The summed E-state index contributed by atoms with van der Waals surface area (Å²) in [6.07, 6.45) is 0.528. The highest BCUT2D eigenvalue weighted by Gasteiger charge is 2.26. The third-order valence-corrected chi connectivity index (χ3v) is 3.77. The highest BCUT2D eigenvalue weighted by Crippen LogP contribution is 2.24. The van der Waals surface area contributed by atoms with Crippen LogP contribution in [0.3, 0.4) is 0 Å². The molecule has 1 aromatic heterocycles. The number of fused-ring (bicyclic) bond motifs is 2. The molecule has 0 aliphatic carbocycles. The van der Waals surface area contributed by atoms with E-state index in [1.165, 1.54) is 5.56 Å². The summed E-state index contributed by atoms with van der Waals surface area (Å²) in [7, 11) is 0. The lowest BCUT2D eigenvalue weighted by atomic mass is 10.0. The SMILES string of the molecule is Cc1ccc2nc3c(cc2c1)CN(C(=O)OC(C)(C)C)CC3. The van der Waals surface area contributed by atoms with Gasteiger partial charge in [-0.05, 0) is 51.5 Å². The van der Waals surface area contributed by atoms with Crippen molar-refractivity contribution >= 4 is 17.0 Å². The molecule has 4 heteroatoms. The van der Waals surface area contributed by atoms with Gasteiger partial charge in [-0.2, -0.15) is 0 Å². The molecule has 1 aromatic carbocycles. The second-order valence-electron chi connectivity index (χ2n) is 6.94. The molecule has 1 amide bonds. The Hall–Kier alpha value is -2.10. The van der Waals surface area contributed by atoms with Gasteiger partial charge in [0.15, 0.2) is 0 Å². The predicted octanol–water partition coefficient (Wildman–Crippen LogP) is 3.84. The molecule has 4 nitrogen and oxygen atoms in total. The number of carbonyl (C=O) groups is 1. The quantitative estimate of drug-likeness (QED) is 0.742. The number of benzene rings is 1. The maximum Gasteiger partial charge on any atom is 0.410 e. The summed E-state index contributed by atoms with van der Waals surface area (Å²) < 4.78 is 5.47. The van der Waals surface area contributed by atoms with Gasteiger partial charge in [-0.25, -0.2) is 4.79 Å². The van der Waals surface area contributed by atoms with Crippen LogP contribution < -0.4 is 0 Å². The van der Waals surface area contributed by atoms with E-state index < -0.39 is 5.60 Å². The lowest BCUT2D eigenvalue weighted by Gasteiger charge is -2.31. The highest BCUT2D eigenvalue weighted by molar-refractivity contribution is 5.80. The van der Waals surface area contributed by atoms with Gasteiger partial charge in [-0.1, -0.05) is 11.6 Å². The minimum Gasteiger partial charge on any atom is -0.444 e. The number of aromatic nitrogens is 1. The Morgan fingerprint density at radius 2 is 2.05 bits per heavy atom. The minimum absolute atomic E-state index is 0.248. The second kappa shape index (κ2) is 5.27. The highest BCUT2D eigenvalue weighted by atomic mass is 16.6. The molecular weight excluding hydrogens is 276 g/mol. The van der Waals surface area contributed by atoms with Crippen molar-refractivity contribution in [3.63, 3.8) is 0 Å². The third kappa shape index (κ3) is 3.06. The molecule has 2 heterocycles. The van der Waals surface area contributed by atoms with Crippen LogP contribution >= 0.6 is 0 Å². The molecule has 0 radical (unpaired) electrons. The zero-order chi connectivity index (χ0) is 15.9. The van der Waals surface area contributed by atoms with Gasteiger partial charge < -0.3 is 9.64 Å². The largest absolute Gasteiger partial charge is 0.444 e. The van der Waals surface area contributed by atoms with E-state index in [0.717, 1.165) is 28.6 Å². The van der Waals surface area contributed by atoms with E-state index in [-0.39, 0.29) is 6.09 Å². The number of carbonyl (C=O) groups excluding carboxylic acids is 1. The maximum atomic E-state index is 12.2. The first kappa shape index (κ1) is 14.8. The van der Waals surface area contributed by atoms with Gasteiger partial charge in [-0.15, -0.1) is 0 Å². The Kier molecular flexibility index (Phi) is 3.55. The Bertz CT molecular complexity index is 732. The van der Waals surface area contributed by atoms with Crippen LogP contribution in [-0.2, 0) is 17.7 Å². The van der Waals surface area contributed by atoms with E-state index in [4.69, 9.17) is 9.72 Å². The zero-order valence-electron chi connectivity index (χ0n) is 13.6. The zero-order valence-corrected chi connectivity index (χ0v) is 13.6. The van der Waals surface area contributed by atoms with Crippen LogP contribution in [0, 0.1) is 6.92 Å². The number of pyridine rings is 1. The molecule has 22 heavy (non-hydrogen) atoms. The van der Waals surface area contributed by atoms with Crippen LogP contribution in [0.1, 0.15) is 37.6 Å². The average molecular weight is 298 g/mol. The van der Waals surface area contributed by atoms with E-state index in [1.807, 2.05) is 20.8 Å². The normalized spacial score (nSPS) is 14.8. The molecule has 1 aliphatic rings. The van der Waals surface area contributed by atoms with Gasteiger partial charge >= 0.3 is 6.09 Å². The van der Waals surface area contributed by atoms with E-state index in [9.17, 15) is 4.79 Å². The van der Waals surface area contributed by atoms with Crippen molar-refractivity contribution in [2.75, 3.05) is 6.54 Å². The number of rotatable bonds is 0. The number of hydrogen-bond acceptors (Lipinski definition) is 3. The first-order valence-corrected chi connectivity index (χ1v) is 7.69. The van der Waals surface area contributed by atoms with Crippen molar-refractivity contribution in [2.24, 2.45) is 0 Å². The summed E-state index contributed by atoms with van der Waals surface area (Å²) in [4.78, 5) is 18.7. The van der Waals surface area contributed by atoms with Crippen LogP contribution in [0.4, 0.5) is 4.79 Å². The molecule has 0 N–H and O–H groups in total. The number of nitrogens with zero attached hydrogens (tertiary/aromatic N) is 2. The van der Waals surface area contributed by atoms with Crippen LogP contribution in [0.25, 0.3) is 10.9 Å². The lowest BCUT2D eigenvalue weighted by molar-refractivity contribution is 0.0223. The van der Waals surface area contributed by atoms with Crippen LogP contribution in [0.2, 0.25) is 0 Å². The molecule has 0 atom stereocenters. The number of aryl methyl sites for hydroxylation is 1. The Morgan fingerprint density at radius 1 is 1.27 bits per heavy atom. The summed E-state index contributed by atoms with van der Waals surface area (Å²) in [5, 5.41) is 1.13. The first-order chi connectivity index (χ1) is 10.3. The average Bonchev–Trinajstić information content (AvgIpc) is 2.42. The topological polar surface area (TPSA) is 42.4 Å². The van der Waals surface area contributed by atoms with Crippen LogP contribution in [-0.4, -0.2) is 28.1 Å². The molecule has 0 fully saturated rings. The molecule has 0 saturated heterocycles. The van der Waals surface area contributed by atoms with Crippen LogP contribution in [0.15, 0.2) is 24.3 Å². The van der Waals surface area contributed by atoms with E-state index in [1.54, 1.807) is 4.90 Å². The fourth-order valence-electron chi connectivity index (χ4n) is 2.74. The molecule has 116 valence electrons. The van der Waals surface area contributed by atoms with Crippen molar-refractivity contribution < 1.29 is 9.53 Å². The maximum absolute atomic E-state index is 12.2. The van der Waals surface area contributed by atoms with E-state index >= 15 is 0 Å². The summed E-state index contributed by atoms with van der Waals surface area (Å²) >= 11 is 0. The van der Waals surface area contributed by atoms with Gasteiger partial charge in [0.25, 0.3) is 0 Å². The fourth-order valence-corrected chi connectivity index (χ4v) is 2.74. The van der Waals surface area contributed by atoms with Gasteiger partial charge in [0.1, 0.15) is 5.60 Å². The predicted molar refractivity (Wildman–Crippen MR) is 86.8 cm³/mol. The smallest absolute Gasteiger partial charge is 0.410 e. The van der Waals surface area contributed by atoms with Crippen LogP contribution in [0.5, 0.6) is 0 Å². The van der Waals surface area contributed by atoms with Gasteiger partial charge in [0.05, 0.1) is 12.1 Å². The number of ether oxygens (including phenoxy) is 1. The summed E-state index contributed by atoms with van der Waals surface area (Å²) in [5.74, 6) is 0. The molecule has 0 saturated carbocycles. The lowest BCUT2D eigenvalue weighted by Crippen LogP contribution is -2.40. The summed E-state index contributed by atoms with van der Waals surface area (Å²) in [5.41, 5.74) is 3.99. The summed E-state index contributed by atoms with van der Waals surface area (Å²) in [6.45, 7) is 8.97. The van der Waals surface area contributed by atoms with Gasteiger partial charge in [0, 0.05) is 24.0 Å². The third-order valence-electron chi connectivity index (χ3n) is 3.77. The minimum atomic E-state index is -0.462. The van der Waals surface area contributed by atoms with Gasteiger partial charge in [0.2, 0.25) is 0 Å². The van der Waals surface area contributed by atoms with E-state index in [0.29, 0.717) is 13.1 Å². The number of amides is 1. The first-order valence-electron chi connectivity index (χ1n) is 7.69. The fraction of sp³-hybridized carbons (Fsp3) is 0.444. The van der Waals surface area contributed by atoms with Crippen molar-refractivity contribution in [3.8, 4) is 0 Å². The molecule has 0 bridgehead atoms. The standard InChI is InChI=1S/C18H22N2O2/c1-12-5-6-15-13(9-12)10-14-11-20(8-7-16(14)19-15)17(21)22-18(2,3)4/h5-6,9-10H,7-8,11H2,1-4H3. The van der Waals surface area contributed by atoms with Crippen molar-refractivity contribution in [3.05, 3.63) is 41.1 Å². The molecule has 0 unspecified atom stereocenters. The van der Waals surface area contributed by atoms with Gasteiger partial charge in [-0.3, -0.25) is 4.98 Å². The molecule has 2 aromatic rings. The second-order valence-corrected chi connectivity index (χ2v) is 6.94. The Labute approximate surface area is 131 Å². The summed E-state index contributed by atoms with van der Waals surface area (Å²) in [6, 6.07) is 8.43. The molecule has 0 spiro atoms. The Morgan fingerprint density at radius 3 is 2.77 bits per heavy atom. The van der Waals surface area contributed by atoms with E-state index in [2.05, 4.69) is 31.2 Å².